The zero-order valence-corrected chi connectivity index (χ0v) is 31.7. The predicted octanol–water partition coefficient (Wildman–Crippen LogP) is 4.89. The van der Waals surface area contributed by atoms with Crippen molar-refractivity contribution < 1.29 is 37.1 Å². The number of nitrogens with one attached hydrogen (secondary N) is 2. The van der Waals surface area contributed by atoms with Crippen LogP contribution in [0, 0.1) is 23.7 Å². The third kappa shape index (κ3) is 7.49. The second-order valence-corrected chi connectivity index (χ2v) is 18.6. The summed E-state index contributed by atoms with van der Waals surface area (Å²) in [6, 6.07) is 7.19. The van der Waals surface area contributed by atoms with Gasteiger partial charge in [0.25, 0.3) is 5.91 Å². The number of carbonyl (C=O) groups is 4. The minimum atomic E-state index is -3.87. The largest absolute Gasteiger partial charge is 0.472 e. The molecule has 3 heterocycles. The molecule has 13 heteroatoms. The van der Waals surface area contributed by atoms with E-state index < -0.39 is 56.6 Å². The summed E-state index contributed by atoms with van der Waals surface area (Å²) in [5.41, 5.74) is -0.351. The molecular formula is C41H52N4O8S. The lowest BCUT2D eigenvalue weighted by Crippen LogP contribution is -2.57. The third-order valence-corrected chi connectivity index (χ3v) is 14.8. The van der Waals surface area contributed by atoms with Crippen LogP contribution in [0.15, 0.2) is 43.1 Å². The maximum atomic E-state index is 14.9. The van der Waals surface area contributed by atoms with Crippen molar-refractivity contribution >= 4 is 44.5 Å². The normalized spacial score (nSPS) is 32.2. The van der Waals surface area contributed by atoms with Crippen LogP contribution in [-0.2, 0) is 40.4 Å². The van der Waals surface area contributed by atoms with E-state index in [1.165, 1.54) is 4.90 Å². The van der Waals surface area contributed by atoms with Crippen LogP contribution in [-0.4, -0.2) is 77.6 Å². The highest BCUT2D eigenvalue weighted by Crippen LogP contribution is 2.46. The molecule has 0 radical (unpaired) electrons. The van der Waals surface area contributed by atoms with Gasteiger partial charge in [-0.05, 0) is 106 Å². The van der Waals surface area contributed by atoms with Crippen molar-refractivity contribution in [2.24, 2.45) is 23.7 Å². The monoisotopic (exact) mass is 760 g/mol. The van der Waals surface area contributed by atoms with Gasteiger partial charge in [-0.3, -0.25) is 23.9 Å². The standard InChI is InChI=1S/C41H52N4O8S/c1-2-29-23-41(29,40(49)44-54(50,51)31-16-17-31)43-37(47)34-21-30-24-45(34)39(48)33(26-9-4-3-5-10-26)22-36(46)53-35-13-7-12-28(35)11-6-8-25-14-15-27-18-19-42-38(52-30)32(27)20-25/h2,14-15,18-20,26,28-31,33-35H,1,3-13,16-17,21-24H2,(H,43,47)(H,44,49)/t28-,29+,30?,33-,34-,35-,41+/m0/s1. The van der Waals surface area contributed by atoms with Crippen molar-refractivity contribution in [2.45, 2.75) is 132 Å². The summed E-state index contributed by atoms with van der Waals surface area (Å²) in [4.78, 5) is 62.8. The molecule has 2 aliphatic heterocycles. The number of ether oxygens (including phenoxy) is 2. The molecule has 5 fully saturated rings. The number of hydrogen-bond donors (Lipinski definition) is 2. The molecule has 3 amide bonds. The lowest BCUT2D eigenvalue weighted by molar-refractivity contribution is -0.157. The molecule has 290 valence electrons. The molecule has 2 N–H and O–H groups in total. The summed E-state index contributed by atoms with van der Waals surface area (Å²) < 4.78 is 40.5. The smallest absolute Gasteiger partial charge is 0.306 e. The molecule has 12 nitrogen and oxygen atoms in total. The fraction of sp³-hybridized carbons (Fsp3) is 0.634. The Hall–Kier alpha value is -4.00. The van der Waals surface area contributed by atoms with E-state index in [-0.39, 0.29) is 55.6 Å². The fourth-order valence-corrected chi connectivity index (χ4v) is 11.0. The van der Waals surface area contributed by atoms with Gasteiger partial charge in [-0.15, -0.1) is 6.58 Å². The van der Waals surface area contributed by atoms with E-state index in [2.05, 4.69) is 39.8 Å². The van der Waals surface area contributed by atoms with Crippen LogP contribution < -0.4 is 14.8 Å². The number of rotatable bonds is 7. The highest BCUT2D eigenvalue weighted by Gasteiger charge is 2.62. The fourth-order valence-electron chi connectivity index (χ4n) is 9.65. The van der Waals surface area contributed by atoms with E-state index in [0.717, 1.165) is 87.0 Å². The second-order valence-electron chi connectivity index (χ2n) is 16.7. The zero-order valence-electron chi connectivity index (χ0n) is 30.9. The lowest BCUT2D eigenvalue weighted by atomic mass is 9.77. The number of benzene rings is 1. The summed E-state index contributed by atoms with van der Waals surface area (Å²) in [5.74, 6) is -2.53. The van der Waals surface area contributed by atoms with Gasteiger partial charge < -0.3 is 19.7 Å². The first-order valence-electron chi connectivity index (χ1n) is 20.1. The summed E-state index contributed by atoms with van der Waals surface area (Å²) in [7, 11) is -3.87. The Morgan fingerprint density at radius 2 is 1.72 bits per heavy atom. The number of amides is 3. The molecule has 4 saturated carbocycles. The van der Waals surface area contributed by atoms with Gasteiger partial charge in [0, 0.05) is 23.9 Å². The van der Waals surface area contributed by atoms with E-state index in [1.807, 2.05) is 6.07 Å². The Morgan fingerprint density at radius 3 is 2.48 bits per heavy atom. The second kappa shape index (κ2) is 14.9. The quantitative estimate of drug-likeness (QED) is 0.296. The zero-order chi connectivity index (χ0) is 37.6. The number of carbonyl (C=O) groups excluding carboxylic acids is 4. The topological polar surface area (TPSA) is 161 Å². The number of pyridine rings is 1. The van der Waals surface area contributed by atoms with Gasteiger partial charge >= 0.3 is 5.97 Å². The Morgan fingerprint density at radius 1 is 0.944 bits per heavy atom. The predicted molar refractivity (Wildman–Crippen MR) is 200 cm³/mol. The Kier molecular flexibility index (Phi) is 10.2. The van der Waals surface area contributed by atoms with Crippen molar-refractivity contribution in [2.75, 3.05) is 6.54 Å². The van der Waals surface area contributed by atoms with Crippen molar-refractivity contribution in [1.82, 2.24) is 19.9 Å². The number of sulfonamides is 1. The number of fused-ring (bicyclic) bond motifs is 4. The summed E-state index contributed by atoms with van der Waals surface area (Å²) in [6.45, 7) is 3.90. The van der Waals surface area contributed by atoms with Gasteiger partial charge in [-0.1, -0.05) is 37.5 Å². The maximum absolute atomic E-state index is 14.9. The molecule has 1 saturated heterocycles. The molecule has 4 bridgehead atoms. The first kappa shape index (κ1) is 36.9. The van der Waals surface area contributed by atoms with Crippen molar-refractivity contribution in [1.29, 1.82) is 0 Å². The number of hydrogen-bond acceptors (Lipinski definition) is 9. The lowest BCUT2D eigenvalue weighted by Gasteiger charge is -2.34. The van der Waals surface area contributed by atoms with Gasteiger partial charge in [0.1, 0.15) is 23.8 Å². The van der Waals surface area contributed by atoms with E-state index in [0.29, 0.717) is 18.7 Å². The molecule has 7 atom stereocenters. The van der Waals surface area contributed by atoms with Crippen molar-refractivity contribution in [3.05, 3.63) is 48.7 Å². The van der Waals surface area contributed by atoms with Crippen LogP contribution in [0.2, 0.25) is 0 Å². The summed E-state index contributed by atoms with van der Waals surface area (Å²) in [6.07, 6.45) is 13.9. The number of aromatic nitrogens is 1. The minimum Gasteiger partial charge on any atom is -0.472 e. The van der Waals surface area contributed by atoms with Crippen LogP contribution in [0.3, 0.4) is 0 Å². The number of nitrogens with zero attached hydrogens (tertiary/aromatic N) is 2. The molecule has 1 aromatic carbocycles. The van der Waals surface area contributed by atoms with Crippen LogP contribution in [0.25, 0.3) is 10.8 Å². The molecule has 1 aromatic heterocycles. The molecule has 4 aliphatic carbocycles. The molecule has 1 unspecified atom stereocenters. The Bertz CT molecular complexity index is 1930. The third-order valence-electron chi connectivity index (χ3n) is 13.0. The number of aryl methyl sites for hydroxylation is 1. The first-order valence-corrected chi connectivity index (χ1v) is 21.6. The van der Waals surface area contributed by atoms with Gasteiger partial charge in [-0.25, -0.2) is 13.4 Å². The van der Waals surface area contributed by atoms with E-state index in [9.17, 15) is 27.6 Å². The van der Waals surface area contributed by atoms with Crippen LogP contribution in [0.1, 0.15) is 102 Å². The van der Waals surface area contributed by atoms with Crippen LogP contribution >= 0.6 is 0 Å². The highest BCUT2D eigenvalue weighted by molar-refractivity contribution is 7.91. The van der Waals surface area contributed by atoms with Gasteiger partial charge in [0.05, 0.1) is 24.1 Å². The van der Waals surface area contributed by atoms with Gasteiger partial charge in [0.15, 0.2) is 0 Å². The van der Waals surface area contributed by atoms with E-state index in [4.69, 9.17) is 9.47 Å². The van der Waals surface area contributed by atoms with E-state index in [1.54, 1.807) is 12.3 Å². The molecule has 6 aliphatic rings. The average molecular weight is 761 g/mol. The maximum Gasteiger partial charge on any atom is 0.306 e. The summed E-state index contributed by atoms with van der Waals surface area (Å²) in [5, 5.41) is 4.09. The Balaban J connectivity index is 1.12. The average Bonchev–Trinajstić information content (AvgIpc) is 4.06. The molecule has 2 aromatic rings. The molecule has 54 heavy (non-hydrogen) atoms. The minimum absolute atomic E-state index is 0.0380. The van der Waals surface area contributed by atoms with Gasteiger partial charge in [0.2, 0.25) is 27.7 Å². The molecule has 0 spiro atoms. The van der Waals surface area contributed by atoms with Crippen LogP contribution in [0.4, 0.5) is 0 Å². The van der Waals surface area contributed by atoms with E-state index >= 15 is 0 Å². The first-order chi connectivity index (χ1) is 26.0. The van der Waals surface area contributed by atoms with Crippen molar-refractivity contribution in [3.8, 4) is 5.88 Å². The Labute approximate surface area is 317 Å². The molecule has 8 rings (SSSR count). The van der Waals surface area contributed by atoms with Gasteiger partial charge in [-0.2, -0.15) is 0 Å². The highest BCUT2D eigenvalue weighted by atomic mass is 32.2. The number of esters is 1. The van der Waals surface area contributed by atoms with Crippen molar-refractivity contribution in [3.63, 3.8) is 0 Å². The summed E-state index contributed by atoms with van der Waals surface area (Å²) >= 11 is 0. The SMILES string of the molecule is C=C[C@@H]1C[C@]1(NC(=O)[C@@H]1CC2CN1C(=O)[C@H](C1CCCCC1)CC(=O)O[C@H]1CCC[C@@H]1CCCc1ccc3ccnc(c3c1)O2)C(=O)NS(=O)(=O)C1CC1. The van der Waals surface area contributed by atoms with Crippen LogP contribution in [0.5, 0.6) is 5.88 Å². The molecular weight excluding hydrogens is 709 g/mol.